The zero-order valence-electron chi connectivity index (χ0n) is 11.2. The number of hydrogen-bond acceptors (Lipinski definition) is 3. The highest BCUT2D eigenvalue weighted by Crippen LogP contribution is 2.56. The van der Waals surface area contributed by atoms with Crippen molar-refractivity contribution in [3.63, 3.8) is 0 Å². The molecule has 2 N–H and O–H groups in total. The second-order valence-corrected chi connectivity index (χ2v) is 6.99. The molecule has 0 spiro atoms. The van der Waals surface area contributed by atoms with E-state index in [1.165, 1.54) is 38.6 Å². The summed E-state index contributed by atoms with van der Waals surface area (Å²) >= 11 is 0. The van der Waals surface area contributed by atoms with E-state index in [1.807, 2.05) is 0 Å². The number of guanidine groups is 1. The van der Waals surface area contributed by atoms with E-state index in [9.17, 15) is 0 Å². The smallest absolute Gasteiger partial charge is 0.191 e. The molecule has 100 valence electrons. The van der Waals surface area contributed by atoms with E-state index in [-0.39, 0.29) is 0 Å². The first-order chi connectivity index (χ1) is 8.88. The average molecular weight is 247 g/mol. The van der Waals surface area contributed by atoms with Gasteiger partial charge in [0.2, 0.25) is 0 Å². The molecule has 3 nitrogen and oxygen atoms in total. The van der Waals surface area contributed by atoms with Gasteiger partial charge < -0.3 is 10.6 Å². The van der Waals surface area contributed by atoms with Crippen LogP contribution >= 0.6 is 0 Å². The molecule has 0 saturated heterocycles. The summed E-state index contributed by atoms with van der Waals surface area (Å²) in [6, 6.07) is 0. The second-order valence-electron chi connectivity index (χ2n) is 6.99. The lowest BCUT2D eigenvalue weighted by Gasteiger charge is -2.54. The van der Waals surface area contributed by atoms with Crippen LogP contribution < -0.4 is 10.6 Å². The van der Waals surface area contributed by atoms with Crippen LogP contribution in [0.3, 0.4) is 0 Å². The largest absolute Gasteiger partial charge is 0.356 e. The predicted molar refractivity (Wildman–Crippen MR) is 73.5 cm³/mol. The summed E-state index contributed by atoms with van der Waals surface area (Å²) in [5.41, 5.74) is 0. The van der Waals surface area contributed by atoms with Crippen molar-refractivity contribution in [1.82, 2.24) is 10.6 Å². The van der Waals surface area contributed by atoms with E-state index >= 15 is 0 Å². The Balaban J connectivity index is 1.38. The van der Waals surface area contributed by atoms with E-state index in [0.717, 1.165) is 48.6 Å². The third-order valence-electron chi connectivity index (χ3n) is 5.82. The van der Waals surface area contributed by atoms with Crippen LogP contribution in [0.25, 0.3) is 0 Å². The fraction of sp³-hybridized carbons (Fsp3) is 0.933. The van der Waals surface area contributed by atoms with E-state index in [4.69, 9.17) is 0 Å². The summed E-state index contributed by atoms with van der Waals surface area (Å²) in [4.78, 5) is 4.53. The van der Waals surface area contributed by atoms with Crippen molar-refractivity contribution in [1.29, 1.82) is 0 Å². The van der Waals surface area contributed by atoms with Gasteiger partial charge in [0.1, 0.15) is 0 Å². The molecule has 18 heavy (non-hydrogen) atoms. The molecule has 4 saturated carbocycles. The van der Waals surface area contributed by atoms with Crippen molar-refractivity contribution in [2.45, 2.75) is 38.5 Å². The molecule has 1 heterocycles. The first-order valence-corrected chi connectivity index (χ1v) is 7.90. The Hall–Kier alpha value is -0.730. The molecular weight excluding hydrogens is 222 g/mol. The topological polar surface area (TPSA) is 36.4 Å². The average Bonchev–Trinajstić information content (AvgIpc) is 2.38. The van der Waals surface area contributed by atoms with E-state index < -0.39 is 0 Å². The molecule has 4 aliphatic carbocycles. The summed E-state index contributed by atoms with van der Waals surface area (Å²) in [6.45, 7) is 3.26. The monoisotopic (exact) mass is 247 g/mol. The minimum atomic E-state index is 0.934. The predicted octanol–water partition coefficient (Wildman–Crippen LogP) is 2.00. The Kier molecular flexibility index (Phi) is 2.74. The number of aliphatic imine (C=N–C) groups is 1. The van der Waals surface area contributed by atoms with Crippen molar-refractivity contribution < 1.29 is 0 Å². The zero-order chi connectivity index (χ0) is 11.9. The van der Waals surface area contributed by atoms with Gasteiger partial charge in [0.25, 0.3) is 0 Å². The van der Waals surface area contributed by atoms with Crippen molar-refractivity contribution in [3.05, 3.63) is 0 Å². The van der Waals surface area contributed by atoms with Crippen molar-refractivity contribution in [3.8, 4) is 0 Å². The molecule has 0 amide bonds. The van der Waals surface area contributed by atoms with E-state index in [1.54, 1.807) is 6.42 Å². The van der Waals surface area contributed by atoms with Crippen LogP contribution in [0, 0.1) is 29.6 Å². The van der Waals surface area contributed by atoms with E-state index in [2.05, 4.69) is 15.6 Å². The van der Waals surface area contributed by atoms with Crippen molar-refractivity contribution in [2.24, 2.45) is 34.6 Å². The summed E-state index contributed by atoms with van der Waals surface area (Å²) in [7, 11) is 0. The van der Waals surface area contributed by atoms with Crippen LogP contribution in [-0.4, -0.2) is 25.6 Å². The molecule has 0 radical (unpaired) electrons. The lowest BCUT2D eigenvalue weighted by Crippen LogP contribution is -2.51. The maximum atomic E-state index is 4.53. The molecule has 4 fully saturated rings. The molecule has 0 aromatic heterocycles. The second kappa shape index (κ2) is 4.43. The van der Waals surface area contributed by atoms with Crippen LogP contribution in [0.15, 0.2) is 4.99 Å². The summed E-state index contributed by atoms with van der Waals surface area (Å²) in [5.74, 6) is 6.23. The van der Waals surface area contributed by atoms with Gasteiger partial charge in [0, 0.05) is 19.6 Å². The quantitative estimate of drug-likeness (QED) is 0.783. The number of rotatable bonds is 2. The Bertz CT molecular complexity index is 322. The SMILES string of the molecule is C1CN=C(NCC2C3CC4CC(C3)CC2C4)NC1. The Labute approximate surface area is 110 Å². The lowest BCUT2D eigenvalue weighted by molar-refractivity contribution is -0.0339. The molecular formula is C15H25N3. The van der Waals surface area contributed by atoms with Gasteiger partial charge in [-0.1, -0.05) is 0 Å². The standard InChI is InChI=1S/C15H25N3/c1-2-16-15(17-3-1)18-9-14-12-5-10-4-11(7-12)8-13(14)6-10/h10-14H,1-9H2,(H2,16,17,18). The molecule has 0 aromatic carbocycles. The maximum absolute atomic E-state index is 4.53. The fourth-order valence-electron chi connectivity index (χ4n) is 5.24. The van der Waals surface area contributed by atoms with Crippen LogP contribution in [0.1, 0.15) is 38.5 Å². The number of nitrogens with zero attached hydrogens (tertiary/aromatic N) is 1. The van der Waals surface area contributed by atoms with Gasteiger partial charge >= 0.3 is 0 Å². The highest BCUT2D eigenvalue weighted by molar-refractivity contribution is 5.80. The zero-order valence-corrected chi connectivity index (χ0v) is 11.2. The first kappa shape index (κ1) is 11.1. The van der Waals surface area contributed by atoms with Crippen LogP contribution in [0.4, 0.5) is 0 Å². The Morgan fingerprint density at radius 1 is 1.06 bits per heavy atom. The van der Waals surface area contributed by atoms with Gasteiger partial charge in [-0.25, -0.2) is 0 Å². The van der Waals surface area contributed by atoms with E-state index in [0.29, 0.717) is 0 Å². The molecule has 0 aromatic rings. The minimum absolute atomic E-state index is 0.934. The van der Waals surface area contributed by atoms with Crippen molar-refractivity contribution >= 4 is 5.96 Å². The normalized spacial score (nSPS) is 45.6. The van der Waals surface area contributed by atoms with Gasteiger partial charge in [-0.2, -0.15) is 0 Å². The third kappa shape index (κ3) is 1.92. The van der Waals surface area contributed by atoms with Gasteiger partial charge in [0.05, 0.1) is 0 Å². The van der Waals surface area contributed by atoms with Gasteiger partial charge in [0.15, 0.2) is 5.96 Å². The third-order valence-corrected chi connectivity index (χ3v) is 5.82. The highest BCUT2D eigenvalue weighted by Gasteiger charge is 2.47. The fourth-order valence-corrected chi connectivity index (χ4v) is 5.24. The lowest BCUT2D eigenvalue weighted by atomic mass is 9.52. The van der Waals surface area contributed by atoms with Crippen LogP contribution in [0.5, 0.6) is 0 Å². The first-order valence-electron chi connectivity index (χ1n) is 7.90. The van der Waals surface area contributed by atoms with Crippen molar-refractivity contribution in [2.75, 3.05) is 19.6 Å². The molecule has 1 aliphatic heterocycles. The van der Waals surface area contributed by atoms with Crippen LogP contribution in [-0.2, 0) is 0 Å². The molecule has 4 bridgehead atoms. The molecule has 5 aliphatic rings. The summed E-state index contributed by atoms with van der Waals surface area (Å²) in [6.07, 6.45) is 8.85. The molecule has 0 unspecified atom stereocenters. The Morgan fingerprint density at radius 3 is 2.39 bits per heavy atom. The molecule has 5 rings (SSSR count). The molecule has 0 atom stereocenters. The summed E-state index contributed by atoms with van der Waals surface area (Å²) in [5, 5.41) is 6.97. The summed E-state index contributed by atoms with van der Waals surface area (Å²) < 4.78 is 0. The minimum Gasteiger partial charge on any atom is -0.356 e. The van der Waals surface area contributed by atoms with Gasteiger partial charge in [-0.15, -0.1) is 0 Å². The Morgan fingerprint density at radius 2 is 1.78 bits per heavy atom. The molecule has 3 heteroatoms. The highest BCUT2D eigenvalue weighted by atomic mass is 15.2. The van der Waals surface area contributed by atoms with Gasteiger partial charge in [-0.3, -0.25) is 4.99 Å². The number of hydrogen-bond donors (Lipinski definition) is 2. The van der Waals surface area contributed by atoms with Crippen LogP contribution in [0.2, 0.25) is 0 Å². The van der Waals surface area contributed by atoms with Gasteiger partial charge in [-0.05, 0) is 68.1 Å². The maximum Gasteiger partial charge on any atom is 0.191 e. The number of nitrogens with one attached hydrogen (secondary N) is 2.